The molecule has 0 radical (unpaired) electrons. The summed E-state index contributed by atoms with van der Waals surface area (Å²) in [5, 5.41) is 22.2. The minimum Gasteiger partial charge on any atom is -0.491 e. The van der Waals surface area contributed by atoms with Crippen LogP contribution < -0.4 is 15.8 Å². The third-order valence-electron chi connectivity index (χ3n) is 4.18. The van der Waals surface area contributed by atoms with Crippen LogP contribution in [0.3, 0.4) is 0 Å². The van der Waals surface area contributed by atoms with Gasteiger partial charge in [0.05, 0.1) is 18.2 Å². The number of ether oxygens (including phenoxy) is 1. The predicted octanol–water partition coefficient (Wildman–Crippen LogP) is 2.89. The van der Waals surface area contributed by atoms with Crippen molar-refractivity contribution in [1.29, 1.82) is 5.26 Å². The molecule has 4 N–H and O–H groups in total. The van der Waals surface area contributed by atoms with Gasteiger partial charge in [-0.3, -0.25) is 0 Å². The summed E-state index contributed by atoms with van der Waals surface area (Å²) in [6.45, 7) is 3.57. The summed E-state index contributed by atoms with van der Waals surface area (Å²) in [6.07, 6.45) is 1.20. The van der Waals surface area contributed by atoms with Crippen molar-refractivity contribution in [3.8, 4) is 11.8 Å². The lowest BCUT2D eigenvalue weighted by atomic mass is 10.0. The molecule has 1 aromatic carbocycles. The zero-order chi connectivity index (χ0) is 21.1. The number of aromatic carboxylic acids is 1. The van der Waals surface area contributed by atoms with Crippen LogP contribution in [0.15, 0.2) is 24.5 Å². The highest BCUT2D eigenvalue weighted by Crippen LogP contribution is 2.35. The highest BCUT2D eigenvalue weighted by molar-refractivity contribution is 6.05. The number of hydrogen-bond donors (Lipinski definition) is 3. The molecule has 0 saturated heterocycles. The molecule has 3 aromatic rings. The van der Waals surface area contributed by atoms with Crippen molar-refractivity contribution in [3.05, 3.63) is 47.2 Å². The molecule has 1 unspecified atom stereocenters. The van der Waals surface area contributed by atoms with E-state index in [4.69, 9.17) is 10.5 Å². The number of fused-ring (bicyclic) bond motifs is 1. The number of anilines is 2. The number of nitrogens with two attached hydrogens (primary N) is 1. The lowest BCUT2D eigenvalue weighted by Gasteiger charge is -2.21. The summed E-state index contributed by atoms with van der Waals surface area (Å²) >= 11 is 0. The van der Waals surface area contributed by atoms with E-state index in [0.717, 1.165) is 6.07 Å². The monoisotopic (exact) mass is 396 g/mol. The van der Waals surface area contributed by atoms with Crippen molar-refractivity contribution in [2.24, 2.45) is 0 Å². The van der Waals surface area contributed by atoms with Crippen LogP contribution in [0.4, 0.5) is 16.0 Å². The number of carbonyl (C=O) groups is 1. The van der Waals surface area contributed by atoms with Gasteiger partial charge >= 0.3 is 5.97 Å². The summed E-state index contributed by atoms with van der Waals surface area (Å²) in [6, 6.07) is 5.00. The Morgan fingerprint density at radius 2 is 2.21 bits per heavy atom. The van der Waals surface area contributed by atoms with E-state index in [-0.39, 0.29) is 46.2 Å². The Bertz CT molecular complexity index is 1140. The number of pyridine rings is 1. The van der Waals surface area contributed by atoms with E-state index in [1.54, 1.807) is 13.8 Å². The van der Waals surface area contributed by atoms with Gasteiger partial charge in [-0.1, -0.05) is 0 Å². The SMILES string of the molecule is CCOc1c(C(C)Nc2ncnc(N)c2C#N)nc2ccc(F)cc2c1C(=O)O. The normalized spacial score (nSPS) is 11.7. The van der Waals surface area contributed by atoms with Crippen molar-refractivity contribution < 1.29 is 19.0 Å². The van der Waals surface area contributed by atoms with Gasteiger partial charge in [0.15, 0.2) is 5.75 Å². The number of benzene rings is 1. The molecule has 0 amide bonds. The molecule has 0 bridgehead atoms. The minimum absolute atomic E-state index is 0.00963. The van der Waals surface area contributed by atoms with Gasteiger partial charge in [0.25, 0.3) is 0 Å². The molecule has 2 heterocycles. The molecule has 29 heavy (non-hydrogen) atoms. The average Bonchev–Trinajstić information content (AvgIpc) is 2.67. The molecule has 3 rings (SSSR count). The summed E-state index contributed by atoms with van der Waals surface area (Å²) in [7, 11) is 0. The van der Waals surface area contributed by atoms with E-state index < -0.39 is 17.8 Å². The quantitative estimate of drug-likeness (QED) is 0.572. The van der Waals surface area contributed by atoms with Gasteiger partial charge in [-0.2, -0.15) is 5.26 Å². The Morgan fingerprint density at radius 1 is 1.45 bits per heavy atom. The fraction of sp³-hybridized carbons (Fsp3) is 0.211. The zero-order valence-electron chi connectivity index (χ0n) is 15.6. The number of carboxylic acids is 1. The van der Waals surface area contributed by atoms with E-state index in [0.29, 0.717) is 5.52 Å². The Hall–Kier alpha value is -4.00. The zero-order valence-corrected chi connectivity index (χ0v) is 15.6. The van der Waals surface area contributed by atoms with Crippen molar-refractivity contribution in [1.82, 2.24) is 15.0 Å². The maximum Gasteiger partial charge on any atom is 0.340 e. The van der Waals surface area contributed by atoms with Crippen LogP contribution in [0.5, 0.6) is 5.75 Å². The number of carboxylic acid groups (broad SMARTS) is 1. The molecule has 0 saturated carbocycles. The van der Waals surface area contributed by atoms with Gasteiger partial charge in [-0.15, -0.1) is 0 Å². The summed E-state index contributed by atoms with van der Waals surface area (Å²) in [5.41, 5.74) is 6.13. The second-order valence-corrected chi connectivity index (χ2v) is 6.06. The molecule has 0 fully saturated rings. The van der Waals surface area contributed by atoms with Gasteiger partial charge in [-0.05, 0) is 32.0 Å². The molecular formula is C19H17FN6O3. The van der Waals surface area contributed by atoms with Crippen LogP contribution in [0.25, 0.3) is 10.9 Å². The van der Waals surface area contributed by atoms with E-state index in [1.807, 2.05) is 6.07 Å². The molecule has 148 valence electrons. The lowest BCUT2D eigenvalue weighted by molar-refractivity contribution is 0.0694. The molecule has 2 aromatic heterocycles. The third kappa shape index (κ3) is 3.70. The van der Waals surface area contributed by atoms with Crippen molar-refractivity contribution in [3.63, 3.8) is 0 Å². The first-order valence-corrected chi connectivity index (χ1v) is 8.63. The van der Waals surface area contributed by atoms with Crippen molar-refractivity contribution in [2.45, 2.75) is 19.9 Å². The van der Waals surface area contributed by atoms with Crippen LogP contribution in [-0.4, -0.2) is 32.6 Å². The van der Waals surface area contributed by atoms with Crippen LogP contribution in [0, 0.1) is 17.1 Å². The number of nitrogens with one attached hydrogen (secondary N) is 1. The maximum absolute atomic E-state index is 13.7. The van der Waals surface area contributed by atoms with Gasteiger partial charge in [-0.25, -0.2) is 24.1 Å². The Balaban J connectivity index is 2.19. The van der Waals surface area contributed by atoms with Gasteiger partial charge in [0.1, 0.15) is 46.7 Å². The molecule has 0 aliphatic heterocycles. The van der Waals surface area contributed by atoms with Gasteiger partial charge in [0.2, 0.25) is 0 Å². The van der Waals surface area contributed by atoms with Crippen molar-refractivity contribution >= 4 is 28.5 Å². The smallest absolute Gasteiger partial charge is 0.340 e. The number of hydrogen-bond acceptors (Lipinski definition) is 8. The fourth-order valence-corrected chi connectivity index (χ4v) is 2.93. The first-order chi connectivity index (χ1) is 13.9. The number of nitrogen functional groups attached to an aromatic ring is 1. The number of halogens is 1. The maximum atomic E-state index is 13.7. The first kappa shape index (κ1) is 19.8. The molecule has 1 atom stereocenters. The standard InChI is InChI=1S/C19H17FN6O3/c1-3-29-16-14(19(27)28)11-6-10(20)4-5-13(11)26-15(16)9(2)25-18-12(7-21)17(22)23-8-24-18/h4-6,8-9H,3H2,1-2H3,(H,27,28)(H3,22,23,24,25). The second kappa shape index (κ2) is 7.93. The average molecular weight is 396 g/mol. The summed E-state index contributed by atoms with van der Waals surface area (Å²) in [5.74, 6) is -1.66. The van der Waals surface area contributed by atoms with Crippen LogP contribution >= 0.6 is 0 Å². The summed E-state index contributed by atoms with van der Waals surface area (Å²) < 4.78 is 19.3. The molecule has 0 aliphatic carbocycles. The van der Waals surface area contributed by atoms with E-state index in [2.05, 4.69) is 20.3 Å². The number of nitriles is 1. The largest absolute Gasteiger partial charge is 0.491 e. The number of aromatic nitrogens is 3. The Kier molecular flexibility index (Phi) is 5.40. The number of rotatable bonds is 6. The third-order valence-corrected chi connectivity index (χ3v) is 4.18. The topological polar surface area (TPSA) is 147 Å². The summed E-state index contributed by atoms with van der Waals surface area (Å²) in [4.78, 5) is 24.2. The van der Waals surface area contributed by atoms with Gasteiger partial charge in [0, 0.05) is 5.39 Å². The van der Waals surface area contributed by atoms with Crippen LogP contribution in [-0.2, 0) is 0 Å². The van der Waals surface area contributed by atoms with Crippen molar-refractivity contribution in [2.75, 3.05) is 17.7 Å². The minimum atomic E-state index is -1.27. The highest BCUT2D eigenvalue weighted by Gasteiger charge is 2.26. The van der Waals surface area contributed by atoms with E-state index in [9.17, 15) is 19.6 Å². The first-order valence-electron chi connectivity index (χ1n) is 8.63. The van der Waals surface area contributed by atoms with Gasteiger partial charge < -0.3 is 20.9 Å². The predicted molar refractivity (Wildman–Crippen MR) is 103 cm³/mol. The second-order valence-electron chi connectivity index (χ2n) is 6.06. The number of nitrogens with zero attached hydrogens (tertiary/aromatic N) is 4. The molecule has 10 heteroatoms. The van der Waals surface area contributed by atoms with E-state index >= 15 is 0 Å². The Labute approximate surface area is 165 Å². The van der Waals surface area contributed by atoms with E-state index in [1.165, 1.54) is 18.5 Å². The fourth-order valence-electron chi connectivity index (χ4n) is 2.93. The van der Waals surface area contributed by atoms with Crippen LogP contribution in [0.2, 0.25) is 0 Å². The molecule has 0 spiro atoms. The lowest BCUT2D eigenvalue weighted by Crippen LogP contribution is -2.16. The molecule has 9 nitrogen and oxygen atoms in total. The van der Waals surface area contributed by atoms with Crippen LogP contribution in [0.1, 0.15) is 41.5 Å². The molecule has 0 aliphatic rings. The molecular weight excluding hydrogens is 379 g/mol. The highest BCUT2D eigenvalue weighted by atomic mass is 19.1. The Morgan fingerprint density at radius 3 is 2.86 bits per heavy atom.